The van der Waals surface area contributed by atoms with E-state index in [4.69, 9.17) is 5.21 Å². The second kappa shape index (κ2) is 6.39. The molecule has 1 N–H and O–H groups in total. The van der Waals surface area contributed by atoms with Crippen molar-refractivity contribution in [2.75, 3.05) is 0 Å². The van der Waals surface area contributed by atoms with Gasteiger partial charge in [0.1, 0.15) is 0 Å². The second-order valence-corrected chi connectivity index (χ2v) is 4.85. The maximum absolute atomic E-state index is 9.14. The summed E-state index contributed by atoms with van der Waals surface area (Å²) in [6.07, 6.45) is 6.82. The molecule has 96 valence electrons. The summed E-state index contributed by atoms with van der Waals surface area (Å²) in [5.74, 6) is 0. The van der Waals surface area contributed by atoms with Crippen molar-refractivity contribution in [3.8, 4) is 0 Å². The van der Waals surface area contributed by atoms with Crippen molar-refractivity contribution in [1.29, 1.82) is 0 Å². The molecule has 0 bridgehead atoms. The fraction of sp³-hybridized carbons (Fsp3) is 0.438. The van der Waals surface area contributed by atoms with E-state index in [1.54, 1.807) is 0 Å². The molecule has 0 atom stereocenters. The minimum Gasteiger partial charge on any atom is -0.411 e. The Bertz CT molecular complexity index is 445. The lowest BCUT2D eigenvalue weighted by atomic mass is 9.98. The number of hydrogen-bond acceptors (Lipinski definition) is 2. The molecule has 2 nitrogen and oxygen atoms in total. The maximum Gasteiger partial charge on any atom is 0.0876 e. The van der Waals surface area contributed by atoms with Gasteiger partial charge in [0.25, 0.3) is 0 Å². The van der Waals surface area contributed by atoms with Crippen molar-refractivity contribution in [2.45, 2.75) is 45.4 Å². The van der Waals surface area contributed by atoms with Gasteiger partial charge in [-0.25, -0.2) is 0 Å². The molecule has 1 aromatic rings. The molecule has 2 heteroatoms. The molecule has 0 saturated carbocycles. The fourth-order valence-electron chi connectivity index (χ4n) is 2.64. The average molecular weight is 243 g/mol. The van der Waals surface area contributed by atoms with E-state index in [2.05, 4.69) is 24.2 Å². The standard InChI is InChI=1S/C16H21NO/c1-2-3-5-8-14-11-12-15(17-18)16(14)13-9-6-4-7-10-13/h4,6-7,9-10,18H,2-3,5,8,11-12H2,1H3. The van der Waals surface area contributed by atoms with Crippen molar-refractivity contribution in [1.82, 2.24) is 0 Å². The third-order valence-corrected chi connectivity index (χ3v) is 3.57. The Kier molecular flexibility index (Phi) is 4.57. The molecule has 0 spiro atoms. The molecule has 0 aliphatic heterocycles. The van der Waals surface area contributed by atoms with Crippen molar-refractivity contribution >= 4 is 11.3 Å². The number of oxime groups is 1. The molecule has 1 aliphatic rings. The summed E-state index contributed by atoms with van der Waals surface area (Å²) in [4.78, 5) is 0. The molecule has 0 amide bonds. The number of hydrogen-bond donors (Lipinski definition) is 1. The number of unbranched alkanes of at least 4 members (excludes halogenated alkanes) is 2. The summed E-state index contributed by atoms with van der Waals surface area (Å²) in [6.45, 7) is 2.22. The molecular weight excluding hydrogens is 222 g/mol. The normalized spacial score (nSPS) is 17.7. The van der Waals surface area contributed by atoms with Crippen LogP contribution in [0.2, 0.25) is 0 Å². The SMILES string of the molecule is CCCCCC1=C(c2ccccc2)C(=NO)CC1. The summed E-state index contributed by atoms with van der Waals surface area (Å²) in [6, 6.07) is 10.3. The van der Waals surface area contributed by atoms with Gasteiger partial charge in [0, 0.05) is 5.57 Å². The number of allylic oxidation sites excluding steroid dienone is 2. The lowest BCUT2D eigenvalue weighted by Crippen LogP contribution is -1.97. The topological polar surface area (TPSA) is 32.6 Å². The van der Waals surface area contributed by atoms with Crippen molar-refractivity contribution in [3.63, 3.8) is 0 Å². The smallest absolute Gasteiger partial charge is 0.0876 e. The number of nitrogens with zero attached hydrogens (tertiary/aromatic N) is 1. The molecular formula is C16H21NO. The Balaban J connectivity index is 2.26. The van der Waals surface area contributed by atoms with Gasteiger partial charge >= 0.3 is 0 Å². The summed E-state index contributed by atoms with van der Waals surface area (Å²) in [7, 11) is 0. The van der Waals surface area contributed by atoms with Crippen LogP contribution in [-0.2, 0) is 0 Å². The third kappa shape index (κ3) is 2.81. The van der Waals surface area contributed by atoms with Crippen LogP contribution in [0, 0.1) is 0 Å². The molecule has 0 fully saturated rings. The van der Waals surface area contributed by atoms with E-state index in [9.17, 15) is 0 Å². The summed E-state index contributed by atoms with van der Waals surface area (Å²) < 4.78 is 0. The van der Waals surface area contributed by atoms with Crippen LogP contribution >= 0.6 is 0 Å². The largest absolute Gasteiger partial charge is 0.411 e. The van der Waals surface area contributed by atoms with Crippen LogP contribution in [0.5, 0.6) is 0 Å². The van der Waals surface area contributed by atoms with Crippen LogP contribution < -0.4 is 0 Å². The van der Waals surface area contributed by atoms with Gasteiger partial charge in [-0.05, 0) is 31.2 Å². The van der Waals surface area contributed by atoms with E-state index in [-0.39, 0.29) is 0 Å². The van der Waals surface area contributed by atoms with Crippen LogP contribution in [0.3, 0.4) is 0 Å². The van der Waals surface area contributed by atoms with Crippen LogP contribution in [0.1, 0.15) is 51.0 Å². The minimum atomic E-state index is 0.854. The molecule has 0 heterocycles. The van der Waals surface area contributed by atoms with Gasteiger partial charge in [-0.3, -0.25) is 0 Å². The molecule has 0 aromatic heterocycles. The molecule has 18 heavy (non-hydrogen) atoms. The highest BCUT2D eigenvalue weighted by atomic mass is 16.4. The predicted octanol–water partition coefficient (Wildman–Crippen LogP) is 4.64. The first-order chi connectivity index (χ1) is 8.86. The first-order valence-corrected chi connectivity index (χ1v) is 6.85. The molecule has 1 aliphatic carbocycles. The van der Waals surface area contributed by atoms with E-state index in [0.717, 1.165) is 25.0 Å². The fourth-order valence-corrected chi connectivity index (χ4v) is 2.64. The van der Waals surface area contributed by atoms with Gasteiger partial charge in [-0.2, -0.15) is 0 Å². The van der Waals surface area contributed by atoms with Crippen LogP contribution in [0.15, 0.2) is 41.1 Å². The lowest BCUT2D eigenvalue weighted by Gasteiger charge is -2.07. The van der Waals surface area contributed by atoms with Gasteiger partial charge < -0.3 is 5.21 Å². The van der Waals surface area contributed by atoms with Crippen molar-refractivity contribution < 1.29 is 5.21 Å². The number of rotatable bonds is 5. The van der Waals surface area contributed by atoms with Gasteiger partial charge in [0.15, 0.2) is 0 Å². The van der Waals surface area contributed by atoms with E-state index < -0.39 is 0 Å². The Morgan fingerprint density at radius 1 is 1.11 bits per heavy atom. The van der Waals surface area contributed by atoms with E-state index >= 15 is 0 Å². The molecule has 0 saturated heterocycles. The molecule has 1 aromatic carbocycles. The number of benzene rings is 1. The molecule has 2 rings (SSSR count). The first-order valence-electron chi connectivity index (χ1n) is 6.85. The van der Waals surface area contributed by atoms with Gasteiger partial charge in [0.05, 0.1) is 5.71 Å². The van der Waals surface area contributed by atoms with E-state index in [1.807, 2.05) is 18.2 Å². The zero-order valence-electron chi connectivity index (χ0n) is 11.0. The summed E-state index contributed by atoms with van der Waals surface area (Å²) in [5.41, 5.74) is 4.69. The van der Waals surface area contributed by atoms with Crippen LogP contribution in [-0.4, -0.2) is 10.9 Å². The Hall–Kier alpha value is -1.57. The monoisotopic (exact) mass is 243 g/mol. The summed E-state index contributed by atoms with van der Waals surface area (Å²) >= 11 is 0. The quantitative estimate of drug-likeness (QED) is 0.456. The highest BCUT2D eigenvalue weighted by molar-refractivity contribution is 6.26. The second-order valence-electron chi connectivity index (χ2n) is 4.85. The Labute approximate surface area is 109 Å². The van der Waals surface area contributed by atoms with E-state index in [1.165, 1.54) is 36.0 Å². The van der Waals surface area contributed by atoms with E-state index in [0.29, 0.717) is 0 Å². The first kappa shape index (κ1) is 12.9. The lowest BCUT2D eigenvalue weighted by molar-refractivity contribution is 0.319. The average Bonchev–Trinajstić information content (AvgIpc) is 2.83. The predicted molar refractivity (Wildman–Crippen MR) is 76.0 cm³/mol. The highest BCUT2D eigenvalue weighted by Gasteiger charge is 2.22. The molecule has 0 radical (unpaired) electrons. The van der Waals surface area contributed by atoms with Gasteiger partial charge in [-0.15, -0.1) is 0 Å². The minimum absolute atomic E-state index is 0.854. The highest BCUT2D eigenvalue weighted by Crippen LogP contribution is 2.34. The van der Waals surface area contributed by atoms with Gasteiger partial charge in [-0.1, -0.05) is 60.8 Å². The van der Waals surface area contributed by atoms with Crippen LogP contribution in [0.4, 0.5) is 0 Å². The third-order valence-electron chi connectivity index (χ3n) is 3.57. The summed E-state index contributed by atoms with van der Waals surface area (Å²) in [5, 5.41) is 12.6. The van der Waals surface area contributed by atoms with Crippen molar-refractivity contribution in [3.05, 3.63) is 41.5 Å². The zero-order chi connectivity index (χ0) is 12.8. The molecule has 0 unspecified atom stereocenters. The van der Waals surface area contributed by atoms with Crippen LogP contribution in [0.25, 0.3) is 5.57 Å². The Morgan fingerprint density at radius 3 is 2.56 bits per heavy atom. The Morgan fingerprint density at radius 2 is 1.89 bits per heavy atom. The zero-order valence-corrected chi connectivity index (χ0v) is 11.0. The van der Waals surface area contributed by atoms with Gasteiger partial charge in [0.2, 0.25) is 0 Å². The van der Waals surface area contributed by atoms with Crippen molar-refractivity contribution in [2.24, 2.45) is 5.16 Å². The maximum atomic E-state index is 9.14.